The van der Waals surface area contributed by atoms with Gasteiger partial charge in [0.05, 0.1) is 24.9 Å². The Morgan fingerprint density at radius 2 is 1.92 bits per heavy atom. The Morgan fingerprint density at radius 1 is 1.19 bits per heavy atom. The maximum Gasteiger partial charge on any atom is 0.258 e. The van der Waals surface area contributed by atoms with Crippen molar-refractivity contribution in [2.75, 3.05) is 12.4 Å². The number of carbonyl (C=O) groups excluding carboxylic acids is 1. The average molecular weight is 369 g/mol. The Morgan fingerprint density at radius 3 is 2.54 bits per heavy atom. The van der Waals surface area contributed by atoms with Gasteiger partial charge in [0.25, 0.3) is 11.5 Å². The number of ether oxygens (including phenoxy) is 1. The predicted octanol–water partition coefficient (Wildman–Crippen LogP) is 3.23. The maximum absolute atomic E-state index is 12.5. The molecule has 0 aliphatic rings. The van der Waals surface area contributed by atoms with E-state index in [-0.39, 0.29) is 11.5 Å². The van der Waals surface area contributed by atoms with E-state index in [1.165, 1.54) is 28.0 Å². The van der Waals surface area contributed by atoms with E-state index >= 15 is 0 Å². The molecule has 3 aromatic rings. The van der Waals surface area contributed by atoms with Crippen LogP contribution in [-0.2, 0) is 6.54 Å². The fraction of sp³-hybridized carbons (Fsp3) is 0.211. The van der Waals surface area contributed by atoms with Gasteiger partial charge in [-0.25, -0.2) is 4.98 Å². The van der Waals surface area contributed by atoms with Crippen LogP contribution in [0, 0.1) is 13.8 Å². The van der Waals surface area contributed by atoms with Crippen LogP contribution in [0.15, 0.2) is 47.4 Å². The van der Waals surface area contributed by atoms with Crippen LogP contribution in [0.5, 0.6) is 5.75 Å². The van der Waals surface area contributed by atoms with Crippen LogP contribution in [-0.4, -0.2) is 22.6 Å². The zero-order chi connectivity index (χ0) is 18.7. The van der Waals surface area contributed by atoms with Crippen LogP contribution >= 0.6 is 11.3 Å². The van der Waals surface area contributed by atoms with E-state index in [1.54, 1.807) is 13.3 Å². The highest BCUT2D eigenvalue weighted by Crippen LogP contribution is 2.21. The molecule has 0 unspecified atom stereocenters. The SMILES string of the molecule is COc1ccc(Cn2cc(C(=O)Nc3nc(C)c(C)s3)ccc2=O)cc1. The molecule has 3 rings (SSSR count). The van der Waals surface area contributed by atoms with Crippen molar-refractivity contribution in [3.8, 4) is 5.75 Å². The molecule has 1 aromatic carbocycles. The monoisotopic (exact) mass is 369 g/mol. The van der Waals surface area contributed by atoms with Gasteiger partial charge in [-0.2, -0.15) is 0 Å². The minimum Gasteiger partial charge on any atom is -0.497 e. The molecule has 0 bridgehead atoms. The van der Waals surface area contributed by atoms with Crippen molar-refractivity contribution in [1.82, 2.24) is 9.55 Å². The zero-order valence-electron chi connectivity index (χ0n) is 14.8. The minimum absolute atomic E-state index is 0.168. The number of rotatable bonds is 5. The van der Waals surface area contributed by atoms with E-state index in [4.69, 9.17) is 4.74 Å². The van der Waals surface area contributed by atoms with Gasteiger partial charge in [0.1, 0.15) is 5.75 Å². The van der Waals surface area contributed by atoms with Crippen molar-refractivity contribution < 1.29 is 9.53 Å². The smallest absolute Gasteiger partial charge is 0.258 e. The summed E-state index contributed by atoms with van der Waals surface area (Å²) in [6.45, 7) is 4.23. The Hall–Kier alpha value is -2.93. The van der Waals surface area contributed by atoms with E-state index in [2.05, 4.69) is 10.3 Å². The van der Waals surface area contributed by atoms with Gasteiger partial charge in [-0.1, -0.05) is 12.1 Å². The van der Waals surface area contributed by atoms with E-state index < -0.39 is 0 Å². The van der Waals surface area contributed by atoms with Gasteiger partial charge in [-0.3, -0.25) is 14.9 Å². The highest BCUT2D eigenvalue weighted by Gasteiger charge is 2.11. The number of nitrogens with zero attached hydrogens (tertiary/aromatic N) is 2. The molecule has 2 aromatic heterocycles. The molecule has 6 nitrogen and oxygen atoms in total. The highest BCUT2D eigenvalue weighted by atomic mass is 32.1. The summed E-state index contributed by atoms with van der Waals surface area (Å²) in [5.41, 5.74) is 2.08. The molecule has 2 heterocycles. The molecular formula is C19H19N3O3S. The standard InChI is InChI=1S/C19H19N3O3S/c1-12-13(2)26-19(20-12)21-18(24)15-6-9-17(23)22(11-15)10-14-4-7-16(25-3)8-5-14/h4-9,11H,10H2,1-3H3,(H,20,21,24). The zero-order valence-corrected chi connectivity index (χ0v) is 15.6. The minimum atomic E-state index is -0.290. The number of aryl methyl sites for hydroxylation is 2. The Labute approximate surface area is 155 Å². The van der Waals surface area contributed by atoms with Crippen LogP contribution < -0.4 is 15.6 Å². The third kappa shape index (κ3) is 4.00. The van der Waals surface area contributed by atoms with Crippen molar-refractivity contribution in [1.29, 1.82) is 0 Å². The Kier molecular flexibility index (Phi) is 5.18. The number of anilines is 1. The van der Waals surface area contributed by atoms with E-state index in [0.717, 1.165) is 21.9 Å². The summed E-state index contributed by atoms with van der Waals surface area (Å²) < 4.78 is 6.64. The molecule has 0 saturated heterocycles. The largest absolute Gasteiger partial charge is 0.497 e. The van der Waals surface area contributed by atoms with Gasteiger partial charge in [-0.05, 0) is 37.6 Å². The number of aromatic nitrogens is 2. The molecule has 0 aliphatic carbocycles. The number of nitrogens with one attached hydrogen (secondary N) is 1. The van der Waals surface area contributed by atoms with Gasteiger partial charge in [0.2, 0.25) is 0 Å². The number of pyridine rings is 1. The van der Waals surface area contributed by atoms with Gasteiger partial charge in [0.15, 0.2) is 5.13 Å². The van der Waals surface area contributed by atoms with Crippen LogP contribution in [0.2, 0.25) is 0 Å². The number of benzene rings is 1. The lowest BCUT2D eigenvalue weighted by atomic mass is 10.2. The first-order chi connectivity index (χ1) is 12.5. The van der Waals surface area contributed by atoms with Crippen molar-refractivity contribution in [3.63, 3.8) is 0 Å². The molecule has 26 heavy (non-hydrogen) atoms. The molecular weight excluding hydrogens is 350 g/mol. The van der Waals surface area contributed by atoms with Gasteiger partial charge >= 0.3 is 0 Å². The summed E-state index contributed by atoms with van der Waals surface area (Å²) in [5.74, 6) is 0.463. The lowest BCUT2D eigenvalue weighted by Gasteiger charge is -2.09. The summed E-state index contributed by atoms with van der Waals surface area (Å²) in [5, 5.41) is 3.34. The van der Waals surface area contributed by atoms with E-state index in [0.29, 0.717) is 17.2 Å². The molecule has 0 saturated carbocycles. The first kappa shape index (κ1) is 17.9. The number of amides is 1. The summed E-state index contributed by atoms with van der Waals surface area (Å²) in [6, 6.07) is 10.4. The topological polar surface area (TPSA) is 73.2 Å². The number of methoxy groups -OCH3 is 1. The van der Waals surface area contributed by atoms with Crippen LogP contribution in [0.4, 0.5) is 5.13 Å². The third-order valence-corrected chi connectivity index (χ3v) is 4.99. The molecule has 0 fully saturated rings. The van der Waals surface area contributed by atoms with Crippen molar-refractivity contribution >= 4 is 22.4 Å². The number of hydrogen-bond acceptors (Lipinski definition) is 5. The summed E-state index contributed by atoms with van der Waals surface area (Å²) in [4.78, 5) is 29.9. The fourth-order valence-electron chi connectivity index (χ4n) is 2.41. The van der Waals surface area contributed by atoms with Crippen molar-refractivity contribution in [3.05, 3.63) is 74.6 Å². The molecule has 0 spiro atoms. The lowest BCUT2D eigenvalue weighted by Crippen LogP contribution is -2.22. The fourth-order valence-corrected chi connectivity index (χ4v) is 3.22. The second-order valence-corrected chi connectivity index (χ2v) is 7.05. The number of carbonyl (C=O) groups is 1. The first-order valence-corrected chi connectivity index (χ1v) is 8.86. The van der Waals surface area contributed by atoms with Crippen LogP contribution in [0.1, 0.15) is 26.5 Å². The lowest BCUT2D eigenvalue weighted by molar-refractivity contribution is 0.102. The normalized spacial score (nSPS) is 10.6. The quantitative estimate of drug-likeness (QED) is 0.749. The van der Waals surface area contributed by atoms with Gasteiger partial charge in [0, 0.05) is 17.1 Å². The number of hydrogen-bond donors (Lipinski definition) is 1. The Balaban J connectivity index is 1.79. The number of thiazole rings is 1. The summed E-state index contributed by atoms with van der Waals surface area (Å²) in [7, 11) is 1.60. The van der Waals surface area contributed by atoms with Gasteiger partial charge < -0.3 is 9.30 Å². The average Bonchev–Trinajstić information content (AvgIpc) is 2.94. The first-order valence-electron chi connectivity index (χ1n) is 8.05. The van der Waals surface area contributed by atoms with Crippen LogP contribution in [0.25, 0.3) is 0 Å². The summed E-state index contributed by atoms with van der Waals surface area (Å²) in [6.07, 6.45) is 1.56. The van der Waals surface area contributed by atoms with Crippen LogP contribution in [0.3, 0.4) is 0 Å². The second kappa shape index (κ2) is 7.53. The predicted molar refractivity (Wildman–Crippen MR) is 102 cm³/mol. The second-order valence-electron chi connectivity index (χ2n) is 5.85. The third-order valence-electron chi connectivity index (χ3n) is 4.01. The van der Waals surface area contributed by atoms with Crippen molar-refractivity contribution in [2.24, 2.45) is 0 Å². The molecule has 0 aliphatic heterocycles. The highest BCUT2D eigenvalue weighted by molar-refractivity contribution is 7.15. The van der Waals surface area contributed by atoms with E-state index in [1.807, 2.05) is 38.1 Å². The van der Waals surface area contributed by atoms with Gasteiger partial charge in [-0.15, -0.1) is 11.3 Å². The molecule has 134 valence electrons. The van der Waals surface area contributed by atoms with E-state index in [9.17, 15) is 9.59 Å². The molecule has 1 amide bonds. The molecule has 7 heteroatoms. The Bertz CT molecular complexity index is 971. The maximum atomic E-state index is 12.5. The molecule has 0 radical (unpaired) electrons. The molecule has 0 atom stereocenters. The molecule has 1 N–H and O–H groups in total. The summed E-state index contributed by atoms with van der Waals surface area (Å²) >= 11 is 1.43. The van der Waals surface area contributed by atoms with Crippen molar-refractivity contribution in [2.45, 2.75) is 20.4 Å².